The maximum Gasteiger partial charge on any atom is 0.302 e. The standard InChI is InChI=1S/C29H22BrN3O4/c1-20(34)37-19-21-17-27-25(18-26(21)33(35)36)28(30)31-32(27)29(22-11-5-2-6-12-22,23-13-7-3-8-14-23)24-15-9-4-10-16-24/h2-18H,19H2,1H3. The molecule has 0 spiro atoms. The zero-order chi connectivity index (χ0) is 26.0. The first kappa shape index (κ1) is 24.4. The SMILES string of the molecule is CC(=O)OCc1cc2c(cc1[N+](=O)[O-])c(Br)nn2C(c1ccccc1)(c1ccccc1)c1ccccc1. The van der Waals surface area contributed by atoms with Crippen LogP contribution in [0.2, 0.25) is 0 Å². The van der Waals surface area contributed by atoms with Gasteiger partial charge in [0.25, 0.3) is 5.69 Å². The maximum absolute atomic E-state index is 11.9. The second-order valence-electron chi connectivity index (χ2n) is 8.55. The number of nitro groups is 1. The van der Waals surface area contributed by atoms with Crippen molar-refractivity contribution >= 4 is 38.5 Å². The van der Waals surface area contributed by atoms with Gasteiger partial charge in [0, 0.05) is 18.4 Å². The zero-order valence-corrected chi connectivity index (χ0v) is 21.5. The van der Waals surface area contributed by atoms with E-state index in [2.05, 4.69) is 15.9 Å². The van der Waals surface area contributed by atoms with E-state index in [1.807, 2.05) is 95.7 Å². The van der Waals surface area contributed by atoms with Crippen molar-refractivity contribution in [3.8, 4) is 0 Å². The van der Waals surface area contributed by atoms with Crippen LogP contribution in [0.5, 0.6) is 0 Å². The molecule has 0 radical (unpaired) electrons. The highest BCUT2D eigenvalue weighted by Gasteiger charge is 2.41. The molecule has 0 saturated carbocycles. The van der Waals surface area contributed by atoms with E-state index in [9.17, 15) is 14.9 Å². The van der Waals surface area contributed by atoms with Crippen LogP contribution in [0.25, 0.3) is 10.9 Å². The third-order valence-electron chi connectivity index (χ3n) is 6.36. The summed E-state index contributed by atoms with van der Waals surface area (Å²) < 4.78 is 7.53. The number of carbonyl (C=O) groups excluding carboxylic acids is 1. The number of rotatable bonds is 7. The number of carbonyl (C=O) groups is 1. The lowest BCUT2D eigenvalue weighted by atomic mass is 9.77. The normalized spacial score (nSPS) is 11.4. The second kappa shape index (κ2) is 9.99. The number of hydrogen-bond donors (Lipinski definition) is 0. The smallest absolute Gasteiger partial charge is 0.302 e. The van der Waals surface area contributed by atoms with Crippen molar-refractivity contribution in [2.45, 2.75) is 19.1 Å². The van der Waals surface area contributed by atoms with Crippen molar-refractivity contribution in [2.24, 2.45) is 0 Å². The third-order valence-corrected chi connectivity index (χ3v) is 6.94. The number of benzene rings is 4. The number of nitro benzene ring substituents is 1. The number of aromatic nitrogens is 2. The quantitative estimate of drug-likeness (QED) is 0.0975. The van der Waals surface area contributed by atoms with Gasteiger partial charge in [0.2, 0.25) is 0 Å². The molecule has 0 N–H and O–H groups in total. The molecular weight excluding hydrogens is 534 g/mol. The molecule has 184 valence electrons. The molecule has 5 aromatic rings. The molecule has 0 aliphatic heterocycles. The van der Waals surface area contributed by atoms with Crippen molar-refractivity contribution in [1.82, 2.24) is 9.78 Å². The summed E-state index contributed by atoms with van der Waals surface area (Å²) in [5.41, 5.74) is 2.76. The summed E-state index contributed by atoms with van der Waals surface area (Å²) in [5.74, 6) is -0.517. The Morgan fingerprint density at radius 2 is 1.41 bits per heavy atom. The fourth-order valence-corrected chi connectivity index (χ4v) is 5.26. The van der Waals surface area contributed by atoms with E-state index in [1.165, 1.54) is 13.0 Å². The number of halogens is 1. The summed E-state index contributed by atoms with van der Waals surface area (Å²) in [5, 5.41) is 17.4. The number of hydrogen-bond acceptors (Lipinski definition) is 5. The molecule has 0 atom stereocenters. The Morgan fingerprint density at radius 1 is 0.919 bits per heavy atom. The number of ether oxygens (including phenoxy) is 1. The van der Waals surface area contributed by atoms with Crippen LogP contribution in [0, 0.1) is 10.1 Å². The van der Waals surface area contributed by atoms with Gasteiger partial charge in [0.15, 0.2) is 0 Å². The van der Waals surface area contributed by atoms with Gasteiger partial charge in [-0.1, -0.05) is 91.0 Å². The van der Waals surface area contributed by atoms with Gasteiger partial charge < -0.3 is 4.74 Å². The Morgan fingerprint density at radius 3 is 1.84 bits per heavy atom. The molecule has 0 aliphatic rings. The van der Waals surface area contributed by atoms with Gasteiger partial charge in [-0.25, -0.2) is 4.68 Å². The molecule has 7 nitrogen and oxygen atoms in total. The second-order valence-corrected chi connectivity index (χ2v) is 9.30. The molecule has 1 aromatic heterocycles. The van der Waals surface area contributed by atoms with E-state index in [1.54, 1.807) is 6.07 Å². The van der Waals surface area contributed by atoms with Crippen LogP contribution in [-0.2, 0) is 21.7 Å². The molecule has 5 rings (SSSR count). The molecular formula is C29H22BrN3O4. The average Bonchev–Trinajstić information content (AvgIpc) is 3.24. The van der Waals surface area contributed by atoms with Crippen molar-refractivity contribution in [3.63, 3.8) is 0 Å². The molecule has 0 aliphatic carbocycles. The number of esters is 1. The molecule has 0 bridgehead atoms. The third kappa shape index (κ3) is 4.29. The molecule has 4 aromatic carbocycles. The average molecular weight is 556 g/mol. The van der Waals surface area contributed by atoms with Gasteiger partial charge in [-0.05, 0) is 38.7 Å². The Labute approximate surface area is 221 Å². The maximum atomic E-state index is 11.9. The molecule has 0 saturated heterocycles. The topological polar surface area (TPSA) is 87.3 Å². The lowest BCUT2D eigenvalue weighted by molar-refractivity contribution is -0.385. The van der Waals surface area contributed by atoms with Crippen LogP contribution in [0.3, 0.4) is 0 Å². The van der Waals surface area contributed by atoms with Gasteiger partial charge in [-0.3, -0.25) is 14.9 Å². The Bertz CT molecular complexity index is 1490. The van der Waals surface area contributed by atoms with Gasteiger partial charge in [-0.15, -0.1) is 0 Å². The van der Waals surface area contributed by atoms with Crippen LogP contribution in [0.4, 0.5) is 5.69 Å². The first-order chi connectivity index (χ1) is 17.9. The summed E-state index contributed by atoms with van der Waals surface area (Å²) in [7, 11) is 0. The van der Waals surface area contributed by atoms with Crippen LogP contribution in [-0.4, -0.2) is 20.7 Å². The molecule has 8 heteroatoms. The minimum absolute atomic E-state index is 0.140. The minimum atomic E-state index is -0.914. The fraction of sp³-hybridized carbons (Fsp3) is 0.103. The number of fused-ring (bicyclic) bond motifs is 1. The Kier molecular flexibility index (Phi) is 6.58. The summed E-state index contributed by atoms with van der Waals surface area (Å²) in [4.78, 5) is 23.0. The Hall–Kier alpha value is -4.30. The van der Waals surface area contributed by atoms with Crippen LogP contribution in [0.1, 0.15) is 29.2 Å². The van der Waals surface area contributed by atoms with E-state index < -0.39 is 16.4 Å². The summed E-state index contributed by atoms with van der Waals surface area (Å²) in [6, 6.07) is 33.2. The largest absolute Gasteiger partial charge is 0.461 e. The van der Waals surface area contributed by atoms with Crippen molar-refractivity contribution < 1.29 is 14.5 Å². The highest BCUT2D eigenvalue weighted by atomic mass is 79.9. The molecule has 37 heavy (non-hydrogen) atoms. The van der Waals surface area contributed by atoms with Crippen molar-refractivity contribution in [2.75, 3.05) is 0 Å². The van der Waals surface area contributed by atoms with Gasteiger partial charge >= 0.3 is 5.97 Å². The van der Waals surface area contributed by atoms with Crippen LogP contribution >= 0.6 is 15.9 Å². The summed E-state index contributed by atoms with van der Waals surface area (Å²) in [6.45, 7) is 1.05. The van der Waals surface area contributed by atoms with Crippen LogP contribution in [0.15, 0.2) is 108 Å². The molecule has 0 unspecified atom stereocenters. The predicted molar refractivity (Wildman–Crippen MR) is 144 cm³/mol. The van der Waals surface area contributed by atoms with Crippen molar-refractivity contribution in [3.05, 3.63) is 140 Å². The lowest BCUT2D eigenvalue weighted by Crippen LogP contribution is -2.38. The molecule has 0 amide bonds. The fourth-order valence-electron chi connectivity index (χ4n) is 4.78. The van der Waals surface area contributed by atoms with E-state index in [0.29, 0.717) is 15.5 Å². The van der Waals surface area contributed by atoms with E-state index in [-0.39, 0.29) is 17.9 Å². The van der Waals surface area contributed by atoms with Gasteiger partial charge in [0.05, 0.1) is 16.0 Å². The van der Waals surface area contributed by atoms with E-state index >= 15 is 0 Å². The summed E-state index contributed by atoms with van der Waals surface area (Å²) in [6.07, 6.45) is 0. The highest BCUT2D eigenvalue weighted by Crippen LogP contribution is 2.44. The number of nitrogens with zero attached hydrogens (tertiary/aromatic N) is 3. The first-order valence-electron chi connectivity index (χ1n) is 11.6. The first-order valence-corrected chi connectivity index (χ1v) is 12.4. The monoisotopic (exact) mass is 555 g/mol. The molecule has 0 fully saturated rings. The van der Waals surface area contributed by atoms with Gasteiger partial charge in [-0.2, -0.15) is 5.10 Å². The van der Waals surface area contributed by atoms with Gasteiger partial charge in [0.1, 0.15) is 16.7 Å². The molecule has 1 heterocycles. The van der Waals surface area contributed by atoms with E-state index in [4.69, 9.17) is 9.84 Å². The van der Waals surface area contributed by atoms with Crippen LogP contribution < -0.4 is 0 Å². The minimum Gasteiger partial charge on any atom is -0.461 e. The lowest BCUT2D eigenvalue weighted by Gasteiger charge is -2.37. The Balaban J connectivity index is 1.92. The predicted octanol–water partition coefficient (Wildman–Crippen LogP) is 6.61. The summed E-state index contributed by atoms with van der Waals surface area (Å²) >= 11 is 3.56. The zero-order valence-electron chi connectivity index (χ0n) is 19.9. The highest BCUT2D eigenvalue weighted by molar-refractivity contribution is 9.10. The van der Waals surface area contributed by atoms with E-state index in [0.717, 1.165) is 16.7 Å². The van der Waals surface area contributed by atoms with Crippen molar-refractivity contribution in [1.29, 1.82) is 0 Å².